The lowest BCUT2D eigenvalue weighted by Crippen LogP contribution is -2.47. The smallest absolute Gasteiger partial charge is 0.254 e. The van der Waals surface area contributed by atoms with Gasteiger partial charge in [0.25, 0.3) is 5.91 Å². The first kappa shape index (κ1) is 20.9. The maximum atomic E-state index is 13.6. The molecule has 1 aliphatic rings. The first-order valence-electron chi connectivity index (χ1n) is 9.23. The number of ether oxygens (including phenoxy) is 1. The van der Waals surface area contributed by atoms with Gasteiger partial charge in [0.15, 0.2) is 0 Å². The van der Waals surface area contributed by atoms with Crippen molar-refractivity contribution in [1.82, 2.24) is 10.6 Å². The monoisotopic (exact) mass is 406 g/mol. The van der Waals surface area contributed by atoms with Crippen LogP contribution in [0.1, 0.15) is 28.8 Å². The number of carbonyl (C=O) groups excluding carboxylic acids is 2. The number of hydrogen-bond acceptors (Lipinski definition) is 3. The normalized spacial score (nSPS) is 15.6. The number of carbonyl (C=O) groups is 2. The van der Waals surface area contributed by atoms with Gasteiger partial charge in [0.2, 0.25) is 5.91 Å². The van der Waals surface area contributed by atoms with Crippen molar-refractivity contribution in [2.24, 2.45) is 0 Å². The molecule has 29 heavy (non-hydrogen) atoms. The Labute approximate surface area is 166 Å². The highest BCUT2D eigenvalue weighted by molar-refractivity contribution is 5.96. The lowest BCUT2D eigenvalue weighted by Gasteiger charge is -2.38. The number of rotatable bonds is 6. The van der Waals surface area contributed by atoms with Crippen LogP contribution < -0.4 is 10.6 Å². The van der Waals surface area contributed by atoms with E-state index in [1.807, 2.05) is 0 Å². The summed E-state index contributed by atoms with van der Waals surface area (Å²) >= 11 is 0. The first-order chi connectivity index (χ1) is 13.9. The zero-order valence-electron chi connectivity index (χ0n) is 15.6. The molecule has 154 valence electrons. The van der Waals surface area contributed by atoms with Crippen molar-refractivity contribution in [3.63, 3.8) is 0 Å². The lowest BCUT2D eigenvalue weighted by atomic mass is 9.74. The Morgan fingerprint density at radius 2 is 1.59 bits per heavy atom. The molecule has 0 spiro atoms. The van der Waals surface area contributed by atoms with Crippen molar-refractivity contribution < 1.29 is 27.5 Å². The van der Waals surface area contributed by atoms with Crippen LogP contribution in [0.4, 0.5) is 13.2 Å². The summed E-state index contributed by atoms with van der Waals surface area (Å²) in [6, 6.07) is 8.75. The van der Waals surface area contributed by atoms with Crippen LogP contribution in [0.3, 0.4) is 0 Å². The van der Waals surface area contributed by atoms with Crippen LogP contribution in [-0.2, 0) is 14.9 Å². The van der Waals surface area contributed by atoms with Gasteiger partial charge in [0.05, 0.1) is 12.1 Å². The molecule has 2 aromatic carbocycles. The van der Waals surface area contributed by atoms with Crippen LogP contribution >= 0.6 is 0 Å². The van der Waals surface area contributed by atoms with Crippen molar-refractivity contribution in [1.29, 1.82) is 0 Å². The lowest BCUT2D eigenvalue weighted by molar-refractivity contribution is -0.120. The Bertz CT molecular complexity index is 881. The topological polar surface area (TPSA) is 67.4 Å². The second-order valence-electron chi connectivity index (χ2n) is 6.98. The highest BCUT2D eigenvalue weighted by Gasteiger charge is 2.34. The van der Waals surface area contributed by atoms with Crippen molar-refractivity contribution in [2.75, 3.05) is 26.3 Å². The molecular formula is C21H21F3N2O3. The van der Waals surface area contributed by atoms with Crippen molar-refractivity contribution >= 4 is 11.8 Å². The largest absolute Gasteiger partial charge is 0.381 e. The van der Waals surface area contributed by atoms with Crippen LogP contribution in [0, 0.1) is 17.5 Å². The van der Waals surface area contributed by atoms with Crippen molar-refractivity contribution in [2.45, 2.75) is 18.3 Å². The van der Waals surface area contributed by atoms with Crippen molar-refractivity contribution in [3.05, 3.63) is 71.0 Å². The SMILES string of the molecule is O=C(CNC(=O)c1ccc(F)cc1F)NCC1(c2ccc(F)cc2)CCOCC1. The van der Waals surface area contributed by atoms with E-state index in [1.165, 1.54) is 12.1 Å². The van der Waals surface area contributed by atoms with Gasteiger partial charge in [-0.1, -0.05) is 12.1 Å². The van der Waals surface area contributed by atoms with Gasteiger partial charge in [-0.05, 0) is 42.7 Å². The maximum absolute atomic E-state index is 13.6. The van der Waals surface area contributed by atoms with Gasteiger partial charge in [0.1, 0.15) is 17.5 Å². The third-order valence-corrected chi connectivity index (χ3v) is 5.12. The number of nitrogens with one attached hydrogen (secondary N) is 2. The molecule has 3 rings (SSSR count). The molecule has 2 N–H and O–H groups in total. The number of hydrogen-bond donors (Lipinski definition) is 2. The molecule has 0 aromatic heterocycles. The van der Waals surface area contributed by atoms with Gasteiger partial charge in [-0.25, -0.2) is 13.2 Å². The minimum absolute atomic E-state index is 0.293. The summed E-state index contributed by atoms with van der Waals surface area (Å²) in [7, 11) is 0. The molecule has 0 atom stereocenters. The highest BCUT2D eigenvalue weighted by Crippen LogP contribution is 2.34. The van der Waals surface area contributed by atoms with Crippen LogP contribution in [0.2, 0.25) is 0 Å². The minimum Gasteiger partial charge on any atom is -0.381 e. The van der Waals surface area contributed by atoms with E-state index >= 15 is 0 Å². The summed E-state index contributed by atoms with van der Waals surface area (Å²) in [6.07, 6.45) is 1.32. The minimum atomic E-state index is -1.000. The van der Waals surface area contributed by atoms with E-state index in [0.29, 0.717) is 38.7 Å². The van der Waals surface area contributed by atoms with Crippen LogP contribution in [0.15, 0.2) is 42.5 Å². The van der Waals surface area contributed by atoms with Gasteiger partial charge in [-0.15, -0.1) is 0 Å². The fourth-order valence-electron chi connectivity index (χ4n) is 3.39. The van der Waals surface area contributed by atoms with E-state index in [9.17, 15) is 22.8 Å². The van der Waals surface area contributed by atoms with Gasteiger partial charge in [-0.2, -0.15) is 0 Å². The van der Waals surface area contributed by atoms with E-state index in [4.69, 9.17) is 4.74 Å². The summed E-state index contributed by atoms with van der Waals surface area (Å²) in [5, 5.41) is 5.10. The predicted octanol–water partition coefficient (Wildman–Crippen LogP) is 2.70. The second-order valence-corrected chi connectivity index (χ2v) is 6.98. The van der Waals surface area contributed by atoms with E-state index in [1.54, 1.807) is 12.1 Å². The van der Waals surface area contributed by atoms with Gasteiger partial charge >= 0.3 is 0 Å². The number of benzene rings is 2. The number of amides is 2. The van der Waals surface area contributed by atoms with E-state index in [0.717, 1.165) is 17.7 Å². The molecule has 5 nitrogen and oxygen atoms in total. The molecule has 1 fully saturated rings. The van der Waals surface area contributed by atoms with Crippen molar-refractivity contribution in [3.8, 4) is 0 Å². The fraction of sp³-hybridized carbons (Fsp3) is 0.333. The Morgan fingerprint density at radius 1 is 0.931 bits per heavy atom. The molecule has 0 aliphatic carbocycles. The zero-order valence-corrected chi connectivity index (χ0v) is 15.6. The molecule has 8 heteroatoms. The second kappa shape index (κ2) is 9.09. The fourth-order valence-corrected chi connectivity index (χ4v) is 3.39. The Kier molecular flexibility index (Phi) is 6.53. The first-order valence-corrected chi connectivity index (χ1v) is 9.23. The third kappa shape index (κ3) is 5.14. The summed E-state index contributed by atoms with van der Waals surface area (Å²) < 4.78 is 45.3. The summed E-state index contributed by atoms with van der Waals surface area (Å²) in [4.78, 5) is 24.2. The summed E-state index contributed by atoms with van der Waals surface area (Å²) in [5.74, 6) is -3.39. The Balaban J connectivity index is 1.59. The number of halogens is 3. The van der Waals surface area contributed by atoms with Crippen LogP contribution in [-0.4, -0.2) is 38.1 Å². The van der Waals surface area contributed by atoms with Crippen LogP contribution in [0.25, 0.3) is 0 Å². The summed E-state index contributed by atoms with van der Waals surface area (Å²) in [5.41, 5.74) is 0.167. The molecule has 1 aliphatic heterocycles. The summed E-state index contributed by atoms with van der Waals surface area (Å²) in [6.45, 7) is 0.981. The average molecular weight is 406 g/mol. The zero-order chi connectivity index (χ0) is 20.9. The molecule has 0 radical (unpaired) electrons. The third-order valence-electron chi connectivity index (χ3n) is 5.12. The molecule has 1 heterocycles. The van der Waals surface area contributed by atoms with Crippen LogP contribution in [0.5, 0.6) is 0 Å². The maximum Gasteiger partial charge on any atom is 0.254 e. The van der Waals surface area contributed by atoms with E-state index in [2.05, 4.69) is 10.6 Å². The van der Waals surface area contributed by atoms with Gasteiger partial charge < -0.3 is 15.4 Å². The van der Waals surface area contributed by atoms with E-state index in [-0.39, 0.29) is 17.9 Å². The Morgan fingerprint density at radius 3 is 2.24 bits per heavy atom. The Hall–Kier alpha value is -2.87. The average Bonchev–Trinajstić information content (AvgIpc) is 2.71. The molecular weight excluding hydrogens is 385 g/mol. The quantitative estimate of drug-likeness (QED) is 0.775. The molecule has 1 saturated heterocycles. The molecule has 0 saturated carbocycles. The molecule has 2 aromatic rings. The van der Waals surface area contributed by atoms with Gasteiger partial charge in [-0.3, -0.25) is 9.59 Å². The highest BCUT2D eigenvalue weighted by atomic mass is 19.1. The molecule has 0 unspecified atom stereocenters. The standard InChI is InChI=1S/C21H21F3N2O3/c22-15-3-1-14(2-4-15)21(7-9-29-10-8-21)13-26-19(27)12-25-20(28)17-6-5-16(23)11-18(17)24/h1-6,11H,7-10,12-13H2,(H,25,28)(H,26,27). The predicted molar refractivity (Wildman–Crippen MR) is 99.8 cm³/mol. The van der Waals surface area contributed by atoms with E-state index < -0.39 is 28.9 Å². The molecule has 0 bridgehead atoms. The van der Waals surface area contributed by atoms with Gasteiger partial charge in [0, 0.05) is 31.2 Å². The molecule has 2 amide bonds.